The van der Waals surface area contributed by atoms with Crippen molar-refractivity contribution in [1.29, 1.82) is 0 Å². The lowest BCUT2D eigenvalue weighted by molar-refractivity contribution is -0.135. The molecular formula is C9H13N3O3. The lowest BCUT2D eigenvalue weighted by atomic mass is 10.4. The normalized spacial score (nSPS) is 9.80. The Hall–Kier alpha value is -1.85. The Kier molecular flexibility index (Phi) is 3.43. The van der Waals surface area contributed by atoms with E-state index in [4.69, 9.17) is 9.84 Å². The van der Waals surface area contributed by atoms with E-state index in [0.717, 1.165) is 5.69 Å². The fourth-order valence-electron chi connectivity index (χ4n) is 1.07. The fourth-order valence-corrected chi connectivity index (χ4v) is 1.07. The number of hydrogen-bond acceptors (Lipinski definition) is 5. The van der Waals surface area contributed by atoms with Crippen molar-refractivity contribution < 1.29 is 14.6 Å². The maximum absolute atomic E-state index is 10.5. The number of likely N-dealkylation sites (N-methyl/N-ethyl adjacent to an activating group) is 1. The van der Waals surface area contributed by atoms with Crippen LogP contribution in [0.4, 0.5) is 5.95 Å². The average molecular weight is 211 g/mol. The van der Waals surface area contributed by atoms with Crippen LogP contribution < -0.4 is 9.64 Å². The first-order chi connectivity index (χ1) is 7.02. The second-order valence-corrected chi connectivity index (χ2v) is 3.10. The van der Waals surface area contributed by atoms with Crippen LogP contribution in [0, 0.1) is 6.92 Å². The van der Waals surface area contributed by atoms with Gasteiger partial charge in [0.15, 0.2) is 0 Å². The van der Waals surface area contributed by atoms with Crippen molar-refractivity contribution in [3.05, 3.63) is 11.8 Å². The first kappa shape index (κ1) is 11.2. The van der Waals surface area contributed by atoms with Crippen LogP contribution in [0.5, 0.6) is 5.88 Å². The summed E-state index contributed by atoms with van der Waals surface area (Å²) in [6, 6.07) is 1.68. The Morgan fingerprint density at radius 2 is 2.27 bits per heavy atom. The number of hydrogen-bond donors (Lipinski definition) is 1. The third-order valence-corrected chi connectivity index (χ3v) is 1.74. The number of ether oxygens (including phenoxy) is 1. The lowest BCUT2D eigenvalue weighted by Crippen LogP contribution is -2.27. The van der Waals surface area contributed by atoms with Crippen LogP contribution in [-0.4, -0.2) is 41.7 Å². The Morgan fingerprint density at radius 3 is 2.80 bits per heavy atom. The van der Waals surface area contributed by atoms with Gasteiger partial charge in [0.25, 0.3) is 0 Å². The second-order valence-electron chi connectivity index (χ2n) is 3.10. The molecule has 0 aromatic carbocycles. The molecule has 0 aliphatic rings. The fraction of sp³-hybridized carbons (Fsp3) is 0.444. The van der Waals surface area contributed by atoms with Gasteiger partial charge in [0.2, 0.25) is 11.8 Å². The molecule has 1 aromatic rings. The van der Waals surface area contributed by atoms with Crippen molar-refractivity contribution in [3.63, 3.8) is 0 Å². The Labute approximate surface area is 87.5 Å². The molecule has 0 aliphatic carbocycles. The van der Waals surface area contributed by atoms with Gasteiger partial charge in [-0.3, -0.25) is 4.79 Å². The largest absolute Gasteiger partial charge is 0.481 e. The number of carboxylic acids is 1. The summed E-state index contributed by atoms with van der Waals surface area (Å²) < 4.78 is 4.97. The first-order valence-electron chi connectivity index (χ1n) is 4.35. The highest BCUT2D eigenvalue weighted by Crippen LogP contribution is 2.13. The number of carbonyl (C=O) groups is 1. The summed E-state index contributed by atoms with van der Waals surface area (Å²) in [6.45, 7) is 1.65. The highest BCUT2D eigenvalue weighted by Gasteiger charge is 2.10. The van der Waals surface area contributed by atoms with Crippen molar-refractivity contribution in [2.24, 2.45) is 0 Å². The van der Waals surface area contributed by atoms with Gasteiger partial charge < -0.3 is 14.7 Å². The summed E-state index contributed by atoms with van der Waals surface area (Å²) in [5, 5.41) is 8.61. The quantitative estimate of drug-likeness (QED) is 0.772. The monoisotopic (exact) mass is 211 g/mol. The molecule has 0 spiro atoms. The Morgan fingerprint density at radius 1 is 1.60 bits per heavy atom. The number of aromatic nitrogens is 2. The van der Waals surface area contributed by atoms with E-state index in [-0.39, 0.29) is 6.54 Å². The van der Waals surface area contributed by atoms with Gasteiger partial charge in [0.05, 0.1) is 7.11 Å². The zero-order valence-electron chi connectivity index (χ0n) is 8.89. The molecule has 0 saturated heterocycles. The van der Waals surface area contributed by atoms with Gasteiger partial charge in [0.1, 0.15) is 6.54 Å². The predicted octanol–water partition coefficient (Wildman–Crippen LogP) is 0.314. The number of rotatable bonds is 4. The molecule has 0 unspecified atom stereocenters. The lowest BCUT2D eigenvalue weighted by Gasteiger charge is -2.15. The predicted molar refractivity (Wildman–Crippen MR) is 54.2 cm³/mol. The summed E-state index contributed by atoms with van der Waals surface area (Å²) in [5.41, 5.74) is 0.731. The van der Waals surface area contributed by atoms with E-state index >= 15 is 0 Å². The molecule has 6 nitrogen and oxygen atoms in total. The Bertz CT molecular complexity index is 368. The van der Waals surface area contributed by atoms with E-state index in [1.54, 1.807) is 20.0 Å². The van der Waals surface area contributed by atoms with Crippen LogP contribution in [0.1, 0.15) is 5.69 Å². The van der Waals surface area contributed by atoms with E-state index in [0.29, 0.717) is 11.8 Å². The van der Waals surface area contributed by atoms with Gasteiger partial charge in [-0.05, 0) is 6.92 Å². The maximum Gasteiger partial charge on any atom is 0.323 e. The molecule has 0 amide bonds. The SMILES string of the molecule is COc1cc(C)nc(N(C)CC(=O)O)n1. The van der Waals surface area contributed by atoms with Gasteiger partial charge in [-0.2, -0.15) is 4.98 Å². The summed E-state index contributed by atoms with van der Waals surface area (Å²) in [5.74, 6) is -0.162. The number of aryl methyl sites for hydroxylation is 1. The topological polar surface area (TPSA) is 75.5 Å². The minimum absolute atomic E-state index is 0.146. The van der Waals surface area contributed by atoms with Crippen LogP contribution in [0.15, 0.2) is 6.07 Å². The minimum Gasteiger partial charge on any atom is -0.481 e. The van der Waals surface area contributed by atoms with E-state index < -0.39 is 5.97 Å². The summed E-state index contributed by atoms with van der Waals surface area (Å²) in [6.07, 6.45) is 0. The molecule has 0 atom stereocenters. The standard InChI is InChI=1S/C9H13N3O3/c1-6-4-7(15-3)11-9(10-6)12(2)5-8(13)14/h4H,5H2,1-3H3,(H,13,14). The molecule has 15 heavy (non-hydrogen) atoms. The molecular weight excluding hydrogens is 198 g/mol. The summed E-state index contributed by atoms with van der Waals surface area (Å²) in [7, 11) is 3.12. The number of nitrogens with zero attached hydrogens (tertiary/aromatic N) is 3. The molecule has 1 N–H and O–H groups in total. The van der Waals surface area contributed by atoms with Crippen molar-refractivity contribution in [2.75, 3.05) is 25.6 Å². The van der Waals surface area contributed by atoms with Crippen molar-refractivity contribution in [3.8, 4) is 5.88 Å². The number of carboxylic acid groups (broad SMARTS) is 1. The number of aliphatic carboxylic acids is 1. The van der Waals surface area contributed by atoms with E-state index in [1.165, 1.54) is 12.0 Å². The third-order valence-electron chi connectivity index (χ3n) is 1.74. The van der Waals surface area contributed by atoms with Gasteiger partial charge in [0, 0.05) is 18.8 Å². The Balaban J connectivity index is 2.92. The highest BCUT2D eigenvalue weighted by atomic mass is 16.5. The minimum atomic E-state index is -0.929. The molecule has 0 radical (unpaired) electrons. The van der Waals surface area contributed by atoms with Gasteiger partial charge >= 0.3 is 5.97 Å². The zero-order chi connectivity index (χ0) is 11.4. The van der Waals surface area contributed by atoms with Gasteiger partial charge in [-0.25, -0.2) is 4.98 Å². The van der Waals surface area contributed by atoms with Crippen LogP contribution in [0.25, 0.3) is 0 Å². The zero-order valence-corrected chi connectivity index (χ0v) is 8.89. The van der Waals surface area contributed by atoms with Crippen molar-refractivity contribution in [2.45, 2.75) is 6.92 Å². The highest BCUT2D eigenvalue weighted by molar-refractivity contribution is 5.72. The molecule has 0 saturated carbocycles. The average Bonchev–Trinajstić information content (AvgIpc) is 2.15. The molecule has 0 bridgehead atoms. The van der Waals surface area contributed by atoms with Crippen molar-refractivity contribution >= 4 is 11.9 Å². The van der Waals surface area contributed by atoms with Crippen LogP contribution >= 0.6 is 0 Å². The molecule has 82 valence electrons. The molecule has 0 aliphatic heterocycles. The summed E-state index contributed by atoms with van der Waals surface area (Å²) in [4.78, 5) is 20.1. The van der Waals surface area contributed by atoms with E-state index in [9.17, 15) is 4.79 Å². The number of methoxy groups -OCH3 is 1. The second kappa shape index (κ2) is 4.59. The van der Waals surface area contributed by atoms with Crippen molar-refractivity contribution in [1.82, 2.24) is 9.97 Å². The van der Waals surface area contributed by atoms with Crippen LogP contribution in [-0.2, 0) is 4.79 Å². The molecule has 1 aromatic heterocycles. The van der Waals surface area contributed by atoms with E-state index in [2.05, 4.69) is 9.97 Å². The smallest absolute Gasteiger partial charge is 0.323 e. The molecule has 1 heterocycles. The van der Waals surface area contributed by atoms with Crippen LogP contribution in [0.2, 0.25) is 0 Å². The molecule has 0 fully saturated rings. The molecule has 1 rings (SSSR count). The van der Waals surface area contributed by atoms with Crippen LogP contribution in [0.3, 0.4) is 0 Å². The maximum atomic E-state index is 10.5. The third kappa shape index (κ3) is 3.08. The van der Waals surface area contributed by atoms with Gasteiger partial charge in [-0.1, -0.05) is 0 Å². The number of anilines is 1. The molecule has 6 heteroatoms. The van der Waals surface area contributed by atoms with Gasteiger partial charge in [-0.15, -0.1) is 0 Å². The van der Waals surface area contributed by atoms with E-state index in [1.807, 2.05) is 0 Å². The summed E-state index contributed by atoms with van der Waals surface area (Å²) >= 11 is 0. The first-order valence-corrected chi connectivity index (χ1v) is 4.35.